The van der Waals surface area contributed by atoms with E-state index in [1.165, 1.54) is 0 Å². The minimum atomic E-state index is -3.85. The quantitative estimate of drug-likeness (QED) is 0.556. The molecule has 0 bridgehead atoms. The smallest absolute Gasteiger partial charge is 0.307 e. The van der Waals surface area contributed by atoms with Gasteiger partial charge in [0.05, 0.1) is 33.0 Å². The van der Waals surface area contributed by atoms with E-state index in [-0.39, 0.29) is 39.4 Å². The zero-order valence-corrected chi connectivity index (χ0v) is 14.8. The molecule has 124 valence electrons. The minimum absolute atomic E-state index is 0.132. The molecule has 0 saturated carbocycles. The lowest BCUT2D eigenvalue weighted by Gasteiger charge is -2.36. The van der Waals surface area contributed by atoms with E-state index in [0.717, 1.165) is 0 Å². The topological polar surface area (TPSA) is 95.8 Å². The Kier molecular flexibility index (Phi) is 7.17. The first-order valence-corrected chi connectivity index (χ1v) is 10.2. The molecule has 21 heavy (non-hydrogen) atoms. The van der Waals surface area contributed by atoms with Crippen LogP contribution in [0.3, 0.4) is 0 Å². The molecular weight excluding hydrogens is 318 g/mol. The van der Waals surface area contributed by atoms with Gasteiger partial charge in [-0.25, -0.2) is 0 Å². The van der Waals surface area contributed by atoms with Crippen LogP contribution < -0.4 is 0 Å². The van der Waals surface area contributed by atoms with Gasteiger partial charge in [0.25, 0.3) is 5.02 Å². The fourth-order valence-electron chi connectivity index (χ4n) is 2.11. The van der Waals surface area contributed by atoms with Crippen LogP contribution in [0, 0.1) is 0 Å². The fourth-order valence-corrected chi connectivity index (χ4v) is 7.44. The number of hydrogen-bond donors (Lipinski definition) is 0. The average molecular weight is 342 g/mol. The summed E-state index contributed by atoms with van der Waals surface area (Å²) in [5.41, 5.74) is 0. The van der Waals surface area contributed by atoms with Crippen molar-refractivity contribution in [3.63, 3.8) is 0 Å². The molecule has 0 aliphatic carbocycles. The van der Waals surface area contributed by atoms with Crippen LogP contribution in [0.5, 0.6) is 0 Å². The van der Waals surface area contributed by atoms with Gasteiger partial charge < -0.3 is 18.1 Å². The van der Waals surface area contributed by atoms with Crippen LogP contribution in [-0.2, 0) is 27.2 Å². The lowest BCUT2D eigenvalue weighted by atomic mass is 10.4. The van der Waals surface area contributed by atoms with Gasteiger partial charge in [-0.15, -0.1) is 0 Å². The molecule has 8 nitrogen and oxygen atoms in total. The van der Waals surface area contributed by atoms with Crippen molar-refractivity contribution < 1.29 is 27.2 Å². The van der Waals surface area contributed by atoms with Gasteiger partial charge in [0.2, 0.25) is 0 Å². The zero-order chi connectivity index (χ0) is 16.0. The van der Waals surface area contributed by atoms with Crippen molar-refractivity contribution in [3.8, 4) is 0 Å². The van der Waals surface area contributed by atoms with Crippen molar-refractivity contribution in [2.75, 3.05) is 33.0 Å². The van der Waals surface area contributed by atoms with Crippen LogP contribution in [0.2, 0.25) is 0 Å². The van der Waals surface area contributed by atoms with Gasteiger partial charge >= 0.3 is 15.2 Å². The summed E-state index contributed by atoms with van der Waals surface area (Å²) in [5.74, 6) is 0. The molecule has 0 spiro atoms. The summed E-state index contributed by atoms with van der Waals surface area (Å²) in [6.07, 6.45) is 0.140. The molecule has 0 saturated heterocycles. The predicted molar refractivity (Wildman–Crippen MR) is 78.8 cm³/mol. The molecule has 0 fully saturated rings. The van der Waals surface area contributed by atoms with Crippen molar-refractivity contribution in [2.45, 2.75) is 39.1 Å². The van der Waals surface area contributed by atoms with Crippen molar-refractivity contribution in [3.05, 3.63) is 0 Å². The van der Waals surface area contributed by atoms with E-state index >= 15 is 0 Å². The van der Waals surface area contributed by atoms with E-state index in [9.17, 15) is 9.13 Å². The SMILES string of the molecule is CCOP(=O)(OCC)C1(P(=O)(OCC)OCC)CCN=N1. The molecule has 0 unspecified atom stereocenters. The molecular formula is C11H24N2O6P2. The van der Waals surface area contributed by atoms with E-state index in [2.05, 4.69) is 10.2 Å². The van der Waals surface area contributed by atoms with Crippen LogP contribution >= 0.6 is 15.2 Å². The van der Waals surface area contributed by atoms with E-state index in [1.54, 1.807) is 27.7 Å². The number of rotatable bonds is 10. The van der Waals surface area contributed by atoms with Gasteiger partial charge in [0, 0.05) is 6.42 Å². The van der Waals surface area contributed by atoms with Crippen molar-refractivity contribution in [1.29, 1.82) is 0 Å². The molecule has 0 atom stereocenters. The monoisotopic (exact) mass is 342 g/mol. The molecule has 1 heterocycles. The van der Waals surface area contributed by atoms with Crippen LogP contribution in [-0.4, -0.2) is 38.0 Å². The molecule has 0 aromatic heterocycles. The molecule has 0 aromatic carbocycles. The van der Waals surface area contributed by atoms with E-state index in [0.29, 0.717) is 0 Å². The Balaban J connectivity index is 3.38. The van der Waals surface area contributed by atoms with Crippen molar-refractivity contribution in [1.82, 2.24) is 0 Å². The Labute approximate surface area is 125 Å². The second-order valence-electron chi connectivity index (χ2n) is 4.16. The zero-order valence-electron chi connectivity index (χ0n) is 13.0. The van der Waals surface area contributed by atoms with Gasteiger partial charge in [-0.2, -0.15) is 10.2 Å². The summed E-state index contributed by atoms with van der Waals surface area (Å²) in [6.45, 7) is 7.51. The molecule has 0 radical (unpaired) electrons. The largest absolute Gasteiger partial charge is 0.372 e. The van der Waals surface area contributed by atoms with Gasteiger partial charge in [-0.05, 0) is 27.7 Å². The Hall–Kier alpha value is -0.100. The van der Waals surface area contributed by atoms with Gasteiger partial charge in [-0.3, -0.25) is 9.13 Å². The molecule has 1 aliphatic rings. The van der Waals surface area contributed by atoms with Gasteiger partial charge in [0.1, 0.15) is 0 Å². The molecule has 1 rings (SSSR count). The second-order valence-corrected chi connectivity index (χ2v) is 9.01. The Morgan fingerprint density at radius 3 is 1.48 bits per heavy atom. The summed E-state index contributed by atoms with van der Waals surface area (Å²) in [6, 6.07) is 0. The maximum Gasteiger partial charge on any atom is 0.372 e. The fraction of sp³-hybridized carbons (Fsp3) is 1.00. The summed E-state index contributed by atoms with van der Waals surface area (Å²) >= 11 is 0. The summed E-state index contributed by atoms with van der Waals surface area (Å²) in [4.78, 5) is 0. The lowest BCUT2D eigenvalue weighted by Crippen LogP contribution is -2.29. The van der Waals surface area contributed by atoms with Gasteiger partial charge in [0.15, 0.2) is 0 Å². The van der Waals surface area contributed by atoms with Gasteiger partial charge in [-0.1, -0.05) is 0 Å². The first-order valence-electron chi connectivity index (χ1n) is 7.12. The molecule has 0 N–H and O–H groups in total. The van der Waals surface area contributed by atoms with Crippen LogP contribution in [0.4, 0.5) is 0 Å². The van der Waals surface area contributed by atoms with Crippen molar-refractivity contribution >= 4 is 15.2 Å². The van der Waals surface area contributed by atoms with Crippen molar-refractivity contribution in [2.24, 2.45) is 10.2 Å². The Morgan fingerprint density at radius 2 is 1.24 bits per heavy atom. The van der Waals surface area contributed by atoms with E-state index in [4.69, 9.17) is 18.1 Å². The molecule has 0 aromatic rings. The van der Waals surface area contributed by atoms with E-state index < -0.39 is 20.2 Å². The van der Waals surface area contributed by atoms with Crippen LogP contribution in [0.25, 0.3) is 0 Å². The Morgan fingerprint density at radius 1 is 0.857 bits per heavy atom. The number of azo groups is 1. The first kappa shape index (κ1) is 18.9. The third kappa shape index (κ3) is 3.46. The second kappa shape index (κ2) is 7.95. The van der Waals surface area contributed by atoms with Crippen LogP contribution in [0.1, 0.15) is 34.1 Å². The molecule has 0 amide bonds. The lowest BCUT2D eigenvalue weighted by molar-refractivity contribution is 0.178. The molecule has 1 aliphatic heterocycles. The first-order chi connectivity index (χ1) is 9.95. The summed E-state index contributed by atoms with van der Waals surface area (Å²) in [5, 5.41) is 6.13. The molecule has 10 heteroatoms. The highest BCUT2D eigenvalue weighted by molar-refractivity contribution is 7.74. The highest BCUT2D eigenvalue weighted by Gasteiger charge is 2.67. The predicted octanol–water partition coefficient (Wildman–Crippen LogP) is 4.03. The summed E-state index contributed by atoms with van der Waals surface area (Å²) < 4.78 is 47.8. The maximum atomic E-state index is 13.2. The number of nitrogens with zero attached hydrogens (tertiary/aromatic N) is 2. The minimum Gasteiger partial charge on any atom is -0.307 e. The average Bonchev–Trinajstić information content (AvgIpc) is 2.91. The third-order valence-electron chi connectivity index (χ3n) is 2.85. The number of hydrogen-bond acceptors (Lipinski definition) is 8. The highest BCUT2D eigenvalue weighted by Crippen LogP contribution is 2.80. The standard InChI is InChI=1S/C11H24N2O6P2/c1-5-16-20(14,17-6-2)11(9-10-12-13-11)21(15,18-7-3)19-8-4/h5-10H2,1-4H3. The maximum absolute atomic E-state index is 13.2. The van der Waals surface area contributed by atoms with Crippen LogP contribution in [0.15, 0.2) is 10.2 Å². The normalized spacial score (nSPS) is 18.3. The highest BCUT2D eigenvalue weighted by atomic mass is 31.2. The Bertz CT molecular complexity index is 406. The van der Waals surface area contributed by atoms with E-state index in [1.807, 2.05) is 0 Å². The summed E-state index contributed by atoms with van der Waals surface area (Å²) in [7, 11) is -7.70. The third-order valence-corrected chi connectivity index (χ3v) is 9.09.